The van der Waals surface area contributed by atoms with Gasteiger partial charge in [0.1, 0.15) is 17.4 Å². The number of nitrogens with one attached hydrogen (secondary N) is 1. The Kier molecular flexibility index (Phi) is 4.04. The monoisotopic (exact) mass is 281 g/mol. The van der Waals surface area contributed by atoms with Crippen LogP contribution in [-0.4, -0.2) is 41.2 Å². The first kappa shape index (κ1) is 14.8. The maximum absolute atomic E-state index is 12.3. The summed E-state index contributed by atoms with van der Waals surface area (Å²) < 4.78 is 11.1. The molecule has 6 nitrogen and oxygen atoms in total. The van der Waals surface area contributed by atoms with E-state index in [-0.39, 0.29) is 12.1 Å². The molecule has 1 atom stereocenters. The number of carbonyl (C=O) groups excluding carboxylic acids is 1. The molecule has 1 unspecified atom stereocenters. The van der Waals surface area contributed by atoms with E-state index in [1.54, 1.807) is 4.90 Å². The predicted molar refractivity (Wildman–Crippen MR) is 74.5 cm³/mol. The number of carbonyl (C=O) groups is 1. The van der Waals surface area contributed by atoms with Gasteiger partial charge in [0, 0.05) is 19.6 Å². The summed E-state index contributed by atoms with van der Waals surface area (Å²) in [7, 11) is 0. The Morgan fingerprint density at radius 1 is 1.45 bits per heavy atom. The van der Waals surface area contributed by atoms with E-state index in [1.807, 2.05) is 34.6 Å². The van der Waals surface area contributed by atoms with Gasteiger partial charge in [-0.15, -0.1) is 0 Å². The number of hydrogen-bond acceptors (Lipinski definition) is 5. The summed E-state index contributed by atoms with van der Waals surface area (Å²) >= 11 is 0. The van der Waals surface area contributed by atoms with Gasteiger partial charge in [0.2, 0.25) is 5.89 Å². The topological polar surface area (TPSA) is 67.6 Å². The summed E-state index contributed by atoms with van der Waals surface area (Å²) in [5, 5.41) is 3.26. The first-order valence-electron chi connectivity index (χ1n) is 6.92. The number of nitrogens with zero attached hydrogens (tertiary/aromatic N) is 2. The van der Waals surface area contributed by atoms with Crippen molar-refractivity contribution in [2.45, 2.75) is 46.3 Å². The molecule has 0 spiro atoms. The fourth-order valence-electron chi connectivity index (χ4n) is 2.10. The summed E-state index contributed by atoms with van der Waals surface area (Å²) in [5.41, 5.74) is 0.351. The number of amides is 1. The van der Waals surface area contributed by atoms with Crippen molar-refractivity contribution in [2.24, 2.45) is 0 Å². The van der Waals surface area contributed by atoms with Gasteiger partial charge >= 0.3 is 6.09 Å². The lowest BCUT2D eigenvalue weighted by Gasteiger charge is -2.35. The molecule has 1 aromatic heterocycles. The van der Waals surface area contributed by atoms with Crippen molar-refractivity contribution in [3.8, 4) is 0 Å². The summed E-state index contributed by atoms with van der Waals surface area (Å²) in [6, 6.07) is -0.217. The molecule has 0 bridgehead atoms. The van der Waals surface area contributed by atoms with Gasteiger partial charge in [-0.05, 0) is 34.6 Å². The molecule has 1 saturated heterocycles. The van der Waals surface area contributed by atoms with Crippen molar-refractivity contribution >= 4 is 6.09 Å². The maximum Gasteiger partial charge on any atom is 0.411 e. The van der Waals surface area contributed by atoms with Gasteiger partial charge in [-0.1, -0.05) is 0 Å². The van der Waals surface area contributed by atoms with Crippen molar-refractivity contribution in [2.75, 3.05) is 19.6 Å². The van der Waals surface area contributed by atoms with Crippen molar-refractivity contribution in [3.63, 3.8) is 0 Å². The molecule has 112 valence electrons. The van der Waals surface area contributed by atoms with Crippen LogP contribution in [0.1, 0.15) is 44.2 Å². The smallest absolute Gasteiger partial charge is 0.411 e. The molecular formula is C14H23N3O3. The number of hydrogen-bond donors (Lipinski definition) is 1. The number of oxazole rings is 1. The quantitative estimate of drug-likeness (QED) is 0.854. The minimum absolute atomic E-state index is 0.217. The Labute approximate surface area is 119 Å². The maximum atomic E-state index is 12.3. The van der Waals surface area contributed by atoms with E-state index in [1.165, 1.54) is 0 Å². The van der Waals surface area contributed by atoms with Crippen LogP contribution in [0.5, 0.6) is 0 Å². The number of aromatic nitrogens is 1. The number of piperazine rings is 1. The molecule has 1 fully saturated rings. The number of ether oxygens (including phenoxy) is 1. The van der Waals surface area contributed by atoms with Crippen molar-refractivity contribution < 1.29 is 13.9 Å². The van der Waals surface area contributed by atoms with Gasteiger partial charge in [0.05, 0.1) is 5.69 Å². The Morgan fingerprint density at radius 3 is 2.70 bits per heavy atom. The van der Waals surface area contributed by atoms with Crippen LogP contribution >= 0.6 is 0 Å². The molecular weight excluding hydrogens is 258 g/mol. The summed E-state index contributed by atoms with van der Waals surface area (Å²) in [6.45, 7) is 11.3. The molecule has 0 aromatic carbocycles. The van der Waals surface area contributed by atoms with Gasteiger partial charge in [-0.2, -0.15) is 0 Å². The Hall–Kier alpha value is -1.56. The third kappa shape index (κ3) is 3.30. The Morgan fingerprint density at radius 2 is 2.15 bits per heavy atom. The Balaban J connectivity index is 2.19. The zero-order chi connectivity index (χ0) is 14.9. The van der Waals surface area contributed by atoms with Crippen LogP contribution in [0, 0.1) is 13.8 Å². The van der Waals surface area contributed by atoms with E-state index >= 15 is 0 Å². The molecule has 2 heterocycles. The predicted octanol–water partition coefficient (Wildman–Crippen LogP) is 2.17. The normalized spacial score (nSPS) is 20.1. The summed E-state index contributed by atoms with van der Waals surface area (Å²) in [4.78, 5) is 18.4. The van der Waals surface area contributed by atoms with Gasteiger partial charge in [-0.3, -0.25) is 4.90 Å². The third-order valence-corrected chi connectivity index (χ3v) is 3.20. The average molecular weight is 281 g/mol. The summed E-state index contributed by atoms with van der Waals surface area (Å²) in [5.74, 6) is 1.35. The van der Waals surface area contributed by atoms with Crippen molar-refractivity contribution in [1.29, 1.82) is 0 Å². The molecule has 6 heteroatoms. The van der Waals surface area contributed by atoms with E-state index in [4.69, 9.17) is 9.15 Å². The lowest BCUT2D eigenvalue weighted by molar-refractivity contribution is 0.00854. The van der Waals surface area contributed by atoms with Crippen LogP contribution in [-0.2, 0) is 4.74 Å². The van der Waals surface area contributed by atoms with E-state index < -0.39 is 5.60 Å². The minimum atomic E-state index is -0.505. The fraction of sp³-hybridized carbons (Fsp3) is 0.714. The van der Waals surface area contributed by atoms with E-state index in [9.17, 15) is 4.79 Å². The van der Waals surface area contributed by atoms with Crippen LogP contribution in [0.15, 0.2) is 4.42 Å². The molecule has 1 aromatic rings. The highest BCUT2D eigenvalue weighted by atomic mass is 16.6. The molecule has 0 aliphatic carbocycles. The molecule has 1 amide bonds. The van der Waals surface area contributed by atoms with Crippen LogP contribution in [0.2, 0.25) is 0 Å². The second-order valence-electron chi connectivity index (χ2n) is 6.09. The lowest BCUT2D eigenvalue weighted by Crippen LogP contribution is -2.50. The largest absolute Gasteiger partial charge is 0.444 e. The zero-order valence-electron chi connectivity index (χ0n) is 12.8. The summed E-state index contributed by atoms with van der Waals surface area (Å²) in [6.07, 6.45) is -0.322. The molecule has 1 N–H and O–H groups in total. The molecule has 1 aliphatic heterocycles. The SMILES string of the molecule is Cc1nc(C2CNCCN2C(=O)OC(C)(C)C)oc1C. The van der Waals surface area contributed by atoms with Crippen LogP contribution in [0.3, 0.4) is 0 Å². The minimum Gasteiger partial charge on any atom is -0.444 e. The third-order valence-electron chi connectivity index (χ3n) is 3.20. The molecule has 0 saturated carbocycles. The van der Waals surface area contributed by atoms with Gasteiger partial charge in [0.15, 0.2) is 0 Å². The molecule has 2 rings (SSSR count). The average Bonchev–Trinajstić information content (AvgIpc) is 2.67. The first-order chi connectivity index (χ1) is 9.28. The highest BCUT2D eigenvalue weighted by Crippen LogP contribution is 2.25. The van der Waals surface area contributed by atoms with Crippen molar-refractivity contribution in [3.05, 3.63) is 17.3 Å². The van der Waals surface area contributed by atoms with Crippen LogP contribution < -0.4 is 5.32 Å². The zero-order valence-corrected chi connectivity index (χ0v) is 12.8. The van der Waals surface area contributed by atoms with Gasteiger partial charge in [-0.25, -0.2) is 9.78 Å². The number of aryl methyl sites for hydroxylation is 2. The second kappa shape index (κ2) is 5.44. The van der Waals surface area contributed by atoms with E-state index in [0.717, 1.165) is 18.0 Å². The Bertz CT molecular complexity index is 471. The van der Waals surface area contributed by atoms with Gasteiger partial charge < -0.3 is 14.5 Å². The van der Waals surface area contributed by atoms with Crippen molar-refractivity contribution in [1.82, 2.24) is 15.2 Å². The molecule has 20 heavy (non-hydrogen) atoms. The van der Waals surface area contributed by atoms with E-state index in [0.29, 0.717) is 19.0 Å². The second-order valence-corrected chi connectivity index (χ2v) is 6.09. The lowest BCUT2D eigenvalue weighted by atomic mass is 10.2. The molecule has 0 radical (unpaired) electrons. The first-order valence-corrected chi connectivity index (χ1v) is 6.92. The highest BCUT2D eigenvalue weighted by Gasteiger charge is 2.34. The van der Waals surface area contributed by atoms with Crippen LogP contribution in [0.25, 0.3) is 0 Å². The standard InChI is InChI=1S/C14H23N3O3/c1-9-10(2)19-12(16-9)11-8-15-6-7-17(11)13(18)20-14(3,4)5/h11,15H,6-8H2,1-5H3. The molecule has 1 aliphatic rings. The highest BCUT2D eigenvalue weighted by molar-refractivity contribution is 5.68. The van der Waals surface area contributed by atoms with E-state index in [2.05, 4.69) is 10.3 Å². The number of rotatable bonds is 1. The fourth-order valence-corrected chi connectivity index (χ4v) is 2.10. The van der Waals surface area contributed by atoms with Crippen LogP contribution in [0.4, 0.5) is 4.79 Å². The van der Waals surface area contributed by atoms with Gasteiger partial charge in [0.25, 0.3) is 0 Å².